The minimum absolute atomic E-state index is 0.358. The standard InChI is InChI=1S/C16H13Cl2N3O2/c1-22-14-7-6-12(18)8-13(14)19-9-15-20-21-16(23-15)10-2-4-11(17)5-3-10/h2-8,19H,9H2,1H3. The van der Waals surface area contributed by atoms with Gasteiger partial charge >= 0.3 is 0 Å². The van der Waals surface area contributed by atoms with E-state index in [1.54, 1.807) is 37.4 Å². The molecule has 0 atom stereocenters. The van der Waals surface area contributed by atoms with Gasteiger partial charge in [0.1, 0.15) is 5.75 Å². The zero-order chi connectivity index (χ0) is 16.2. The van der Waals surface area contributed by atoms with Crippen LogP contribution in [0.3, 0.4) is 0 Å². The van der Waals surface area contributed by atoms with Crippen LogP contribution in [0, 0.1) is 0 Å². The number of methoxy groups -OCH3 is 1. The second-order valence-corrected chi connectivity index (χ2v) is 5.58. The van der Waals surface area contributed by atoms with Crippen molar-refractivity contribution in [2.24, 2.45) is 0 Å². The average molecular weight is 350 g/mol. The minimum Gasteiger partial charge on any atom is -0.495 e. The molecule has 2 aromatic carbocycles. The SMILES string of the molecule is COc1ccc(Cl)cc1NCc1nnc(-c2ccc(Cl)cc2)o1. The molecule has 0 amide bonds. The highest BCUT2D eigenvalue weighted by atomic mass is 35.5. The molecule has 0 bridgehead atoms. The van der Waals surface area contributed by atoms with E-state index < -0.39 is 0 Å². The van der Waals surface area contributed by atoms with Gasteiger partial charge in [-0.05, 0) is 42.5 Å². The molecule has 0 aliphatic carbocycles. The average Bonchev–Trinajstić information content (AvgIpc) is 3.03. The van der Waals surface area contributed by atoms with Crippen LogP contribution in [-0.2, 0) is 6.54 Å². The quantitative estimate of drug-likeness (QED) is 0.725. The number of rotatable bonds is 5. The molecule has 0 saturated heterocycles. The van der Waals surface area contributed by atoms with Crippen LogP contribution in [0.2, 0.25) is 10.0 Å². The Hall–Kier alpha value is -2.24. The molecule has 0 unspecified atom stereocenters. The molecule has 3 rings (SSSR count). The van der Waals surface area contributed by atoms with Crippen LogP contribution in [0.1, 0.15) is 5.89 Å². The van der Waals surface area contributed by atoms with Crippen LogP contribution in [0.25, 0.3) is 11.5 Å². The summed E-state index contributed by atoms with van der Waals surface area (Å²) in [4.78, 5) is 0. The van der Waals surface area contributed by atoms with E-state index in [0.717, 1.165) is 11.3 Å². The fourth-order valence-corrected chi connectivity index (χ4v) is 2.32. The summed E-state index contributed by atoms with van der Waals surface area (Å²) in [6, 6.07) is 12.5. The lowest BCUT2D eigenvalue weighted by atomic mass is 10.2. The van der Waals surface area contributed by atoms with Crippen molar-refractivity contribution in [2.45, 2.75) is 6.54 Å². The number of benzene rings is 2. The molecule has 0 spiro atoms. The van der Waals surface area contributed by atoms with Gasteiger partial charge in [-0.1, -0.05) is 23.2 Å². The van der Waals surface area contributed by atoms with Crippen molar-refractivity contribution in [1.82, 2.24) is 10.2 Å². The summed E-state index contributed by atoms with van der Waals surface area (Å²) >= 11 is 11.9. The number of hydrogen-bond acceptors (Lipinski definition) is 5. The van der Waals surface area contributed by atoms with Crippen LogP contribution in [0.15, 0.2) is 46.9 Å². The molecule has 0 fully saturated rings. The number of aromatic nitrogens is 2. The molecular weight excluding hydrogens is 337 g/mol. The van der Waals surface area contributed by atoms with Crippen LogP contribution in [0.5, 0.6) is 5.75 Å². The fraction of sp³-hybridized carbons (Fsp3) is 0.125. The summed E-state index contributed by atoms with van der Waals surface area (Å²) < 4.78 is 10.9. The van der Waals surface area contributed by atoms with E-state index in [1.807, 2.05) is 12.1 Å². The van der Waals surface area contributed by atoms with Crippen molar-refractivity contribution < 1.29 is 9.15 Å². The third-order valence-corrected chi connectivity index (χ3v) is 3.64. The van der Waals surface area contributed by atoms with E-state index in [2.05, 4.69) is 15.5 Å². The van der Waals surface area contributed by atoms with E-state index in [1.165, 1.54) is 0 Å². The first kappa shape index (κ1) is 15.6. The monoisotopic (exact) mass is 349 g/mol. The Kier molecular flexibility index (Phi) is 4.69. The van der Waals surface area contributed by atoms with Crippen LogP contribution < -0.4 is 10.1 Å². The van der Waals surface area contributed by atoms with E-state index in [0.29, 0.717) is 34.1 Å². The highest BCUT2D eigenvalue weighted by molar-refractivity contribution is 6.31. The second-order valence-electron chi connectivity index (χ2n) is 4.71. The van der Waals surface area contributed by atoms with E-state index in [9.17, 15) is 0 Å². The molecule has 1 aromatic heterocycles. The van der Waals surface area contributed by atoms with E-state index in [4.69, 9.17) is 32.4 Å². The van der Waals surface area contributed by atoms with E-state index >= 15 is 0 Å². The van der Waals surface area contributed by atoms with Gasteiger partial charge in [0.2, 0.25) is 11.8 Å². The third-order valence-electron chi connectivity index (χ3n) is 3.15. The Labute approximate surface area is 143 Å². The lowest BCUT2D eigenvalue weighted by Gasteiger charge is -2.09. The van der Waals surface area contributed by atoms with Crippen molar-refractivity contribution in [2.75, 3.05) is 12.4 Å². The number of anilines is 1. The first-order valence-corrected chi connectivity index (χ1v) is 7.57. The summed E-state index contributed by atoms with van der Waals surface area (Å²) in [5.41, 5.74) is 1.57. The first-order valence-electron chi connectivity index (χ1n) is 6.81. The fourth-order valence-electron chi connectivity index (χ4n) is 2.02. The largest absolute Gasteiger partial charge is 0.495 e. The summed E-state index contributed by atoms with van der Waals surface area (Å²) in [5.74, 6) is 1.58. The first-order chi connectivity index (χ1) is 11.2. The van der Waals surface area contributed by atoms with Gasteiger partial charge in [-0.3, -0.25) is 0 Å². The Morgan fingerprint density at radius 2 is 1.78 bits per heavy atom. The highest BCUT2D eigenvalue weighted by Crippen LogP contribution is 2.28. The number of nitrogens with one attached hydrogen (secondary N) is 1. The maximum atomic E-state index is 5.99. The predicted molar refractivity (Wildman–Crippen MR) is 90.1 cm³/mol. The number of hydrogen-bond donors (Lipinski definition) is 1. The Bertz CT molecular complexity index is 803. The Morgan fingerprint density at radius 1 is 1.04 bits per heavy atom. The van der Waals surface area contributed by atoms with Crippen LogP contribution in [-0.4, -0.2) is 17.3 Å². The van der Waals surface area contributed by atoms with Gasteiger partial charge in [-0.15, -0.1) is 10.2 Å². The van der Waals surface area contributed by atoms with E-state index in [-0.39, 0.29) is 0 Å². The zero-order valence-corrected chi connectivity index (χ0v) is 13.7. The number of nitrogens with zero attached hydrogens (tertiary/aromatic N) is 2. The van der Waals surface area contributed by atoms with Crippen molar-refractivity contribution >= 4 is 28.9 Å². The Morgan fingerprint density at radius 3 is 2.52 bits per heavy atom. The summed E-state index contributed by atoms with van der Waals surface area (Å²) in [6.07, 6.45) is 0. The van der Waals surface area contributed by atoms with Crippen molar-refractivity contribution in [3.63, 3.8) is 0 Å². The normalized spacial score (nSPS) is 10.6. The predicted octanol–water partition coefficient (Wildman–Crippen LogP) is 4.66. The van der Waals surface area contributed by atoms with Gasteiger partial charge in [-0.2, -0.15) is 0 Å². The van der Waals surface area contributed by atoms with Crippen molar-refractivity contribution in [3.05, 3.63) is 58.4 Å². The molecule has 0 aliphatic heterocycles. The summed E-state index contributed by atoms with van der Waals surface area (Å²) in [5, 5.41) is 12.5. The molecule has 118 valence electrons. The van der Waals surface area contributed by atoms with Gasteiger partial charge < -0.3 is 14.5 Å². The second kappa shape index (κ2) is 6.89. The molecule has 7 heteroatoms. The van der Waals surface area contributed by atoms with Gasteiger partial charge in [0.25, 0.3) is 0 Å². The van der Waals surface area contributed by atoms with Crippen molar-refractivity contribution in [1.29, 1.82) is 0 Å². The van der Waals surface area contributed by atoms with Gasteiger partial charge in [0, 0.05) is 15.6 Å². The molecule has 1 N–H and O–H groups in total. The number of ether oxygens (including phenoxy) is 1. The third kappa shape index (κ3) is 3.75. The zero-order valence-electron chi connectivity index (χ0n) is 12.2. The number of halogens is 2. The van der Waals surface area contributed by atoms with Crippen LogP contribution in [0.4, 0.5) is 5.69 Å². The summed E-state index contributed by atoms with van der Waals surface area (Å²) in [7, 11) is 1.60. The topological polar surface area (TPSA) is 60.2 Å². The van der Waals surface area contributed by atoms with Crippen LogP contribution >= 0.6 is 23.2 Å². The maximum absolute atomic E-state index is 5.99. The van der Waals surface area contributed by atoms with Gasteiger partial charge in [-0.25, -0.2) is 0 Å². The van der Waals surface area contributed by atoms with Gasteiger partial charge in [0.05, 0.1) is 19.3 Å². The molecule has 0 aliphatic rings. The summed E-state index contributed by atoms with van der Waals surface area (Å²) in [6.45, 7) is 0.358. The molecule has 1 heterocycles. The smallest absolute Gasteiger partial charge is 0.247 e. The maximum Gasteiger partial charge on any atom is 0.247 e. The molecule has 0 saturated carbocycles. The van der Waals surface area contributed by atoms with Gasteiger partial charge in [0.15, 0.2) is 0 Å². The highest BCUT2D eigenvalue weighted by Gasteiger charge is 2.10. The lowest BCUT2D eigenvalue weighted by molar-refractivity contribution is 0.416. The molecule has 5 nitrogen and oxygen atoms in total. The molecule has 0 radical (unpaired) electrons. The lowest BCUT2D eigenvalue weighted by Crippen LogP contribution is -2.01. The minimum atomic E-state index is 0.358. The molecule has 23 heavy (non-hydrogen) atoms. The Balaban J connectivity index is 1.72. The molecular formula is C16H13Cl2N3O2. The molecule has 3 aromatic rings. The van der Waals surface area contributed by atoms with Crippen molar-refractivity contribution in [3.8, 4) is 17.2 Å².